The van der Waals surface area contributed by atoms with Gasteiger partial charge in [0.1, 0.15) is 5.82 Å². The van der Waals surface area contributed by atoms with Gasteiger partial charge in [0.2, 0.25) is 5.95 Å². The molecule has 1 atom stereocenters. The van der Waals surface area contributed by atoms with Gasteiger partial charge < -0.3 is 20.2 Å². The summed E-state index contributed by atoms with van der Waals surface area (Å²) in [5.41, 5.74) is 1.16. The number of anilines is 3. The number of aromatic nitrogens is 4. The number of hydrogen-bond donors (Lipinski definition) is 3. The lowest BCUT2D eigenvalue weighted by Crippen LogP contribution is -2.38. The Morgan fingerprint density at radius 2 is 2.24 bits per heavy atom. The van der Waals surface area contributed by atoms with Crippen LogP contribution in [0, 0.1) is 0 Å². The number of nitrogens with one attached hydrogen (secondary N) is 2. The predicted octanol–water partition coefficient (Wildman–Crippen LogP) is 2.01. The van der Waals surface area contributed by atoms with Crippen molar-refractivity contribution in [3.8, 4) is 0 Å². The molecule has 0 bridgehead atoms. The number of carbonyl (C=O) groups is 1. The molecule has 25 heavy (non-hydrogen) atoms. The summed E-state index contributed by atoms with van der Waals surface area (Å²) in [5, 5.41) is 19.6. The van der Waals surface area contributed by atoms with Gasteiger partial charge in [-0.25, -0.2) is 9.78 Å². The predicted molar refractivity (Wildman–Crippen MR) is 92.3 cm³/mol. The summed E-state index contributed by atoms with van der Waals surface area (Å²) in [6.07, 6.45) is 4.01. The van der Waals surface area contributed by atoms with Crippen LogP contribution in [0.15, 0.2) is 18.3 Å². The Bertz CT molecular complexity index is 773. The molecule has 3 heterocycles. The first-order chi connectivity index (χ1) is 12.1. The molecular formula is C16H21N7O2. The van der Waals surface area contributed by atoms with Crippen LogP contribution in [0.3, 0.4) is 0 Å². The molecule has 2 aliphatic rings. The summed E-state index contributed by atoms with van der Waals surface area (Å²) in [6, 6.07) is 3.78. The summed E-state index contributed by atoms with van der Waals surface area (Å²) in [6.45, 7) is 1.33. The first kappa shape index (κ1) is 15.7. The molecule has 1 aliphatic carbocycles. The van der Waals surface area contributed by atoms with Gasteiger partial charge in [-0.05, 0) is 25.3 Å². The number of likely N-dealkylation sites (N-methyl/N-ethyl adjacent to an activating group) is 1. The van der Waals surface area contributed by atoms with E-state index >= 15 is 0 Å². The van der Waals surface area contributed by atoms with Crippen LogP contribution in [0.4, 0.5) is 22.4 Å². The standard InChI is InChI=1S/C16H21N7O2/c1-22(16(24)25)11-5-7-23(9-11)15-17-6-4-13(19-15)18-14-8-12(20-21-14)10-2-3-10/h4,6,8,10-11H,2-3,5,7,9H2,1H3,(H,24,25)(H2,17,18,19,20,21)/t11-/m0/s1. The largest absolute Gasteiger partial charge is 0.465 e. The van der Waals surface area contributed by atoms with Crippen molar-refractivity contribution < 1.29 is 9.90 Å². The minimum atomic E-state index is -0.909. The van der Waals surface area contributed by atoms with Crippen LogP contribution in [-0.2, 0) is 0 Å². The molecule has 2 aromatic heterocycles. The van der Waals surface area contributed by atoms with Crippen LogP contribution in [0.5, 0.6) is 0 Å². The number of aromatic amines is 1. The average Bonchev–Trinajstić information content (AvgIpc) is 3.16. The Labute approximate surface area is 145 Å². The molecule has 3 N–H and O–H groups in total. The summed E-state index contributed by atoms with van der Waals surface area (Å²) in [4.78, 5) is 23.3. The fraction of sp³-hybridized carbons (Fsp3) is 0.500. The fourth-order valence-electron chi connectivity index (χ4n) is 3.10. The number of nitrogens with zero attached hydrogens (tertiary/aromatic N) is 5. The van der Waals surface area contributed by atoms with Crippen molar-refractivity contribution in [2.24, 2.45) is 0 Å². The third kappa shape index (κ3) is 3.35. The first-order valence-electron chi connectivity index (χ1n) is 8.46. The van der Waals surface area contributed by atoms with Crippen LogP contribution in [0.25, 0.3) is 0 Å². The van der Waals surface area contributed by atoms with Gasteiger partial charge in [-0.3, -0.25) is 5.10 Å². The normalized spacial score (nSPS) is 19.9. The van der Waals surface area contributed by atoms with Crippen LogP contribution in [0.1, 0.15) is 30.9 Å². The van der Waals surface area contributed by atoms with E-state index < -0.39 is 6.09 Å². The maximum absolute atomic E-state index is 11.1. The average molecular weight is 343 g/mol. The fourth-order valence-corrected chi connectivity index (χ4v) is 3.10. The molecule has 1 aliphatic heterocycles. The van der Waals surface area contributed by atoms with Gasteiger partial charge in [-0.15, -0.1) is 0 Å². The summed E-state index contributed by atoms with van der Waals surface area (Å²) < 4.78 is 0. The second kappa shape index (κ2) is 6.23. The highest BCUT2D eigenvalue weighted by atomic mass is 16.4. The van der Waals surface area contributed by atoms with E-state index in [-0.39, 0.29) is 6.04 Å². The van der Waals surface area contributed by atoms with Crippen LogP contribution >= 0.6 is 0 Å². The van der Waals surface area contributed by atoms with Gasteiger partial charge in [-0.2, -0.15) is 10.1 Å². The Morgan fingerprint density at radius 3 is 3.00 bits per heavy atom. The molecule has 0 radical (unpaired) electrons. The van der Waals surface area contributed by atoms with Crippen LogP contribution in [-0.4, -0.2) is 62.4 Å². The topological polar surface area (TPSA) is 110 Å². The smallest absolute Gasteiger partial charge is 0.407 e. The molecule has 1 saturated carbocycles. The maximum atomic E-state index is 11.1. The highest BCUT2D eigenvalue weighted by Gasteiger charge is 2.29. The molecule has 2 fully saturated rings. The number of carboxylic acid groups (broad SMARTS) is 1. The Hall–Kier alpha value is -2.84. The van der Waals surface area contributed by atoms with Crippen molar-refractivity contribution >= 4 is 23.7 Å². The lowest BCUT2D eigenvalue weighted by molar-refractivity contribution is 0.142. The van der Waals surface area contributed by atoms with E-state index in [2.05, 4.69) is 25.5 Å². The molecule has 1 amide bonds. The van der Waals surface area contributed by atoms with Gasteiger partial charge in [0, 0.05) is 44.0 Å². The van der Waals surface area contributed by atoms with E-state index in [9.17, 15) is 4.79 Å². The lowest BCUT2D eigenvalue weighted by Gasteiger charge is -2.22. The van der Waals surface area contributed by atoms with Crippen molar-refractivity contribution in [3.05, 3.63) is 24.0 Å². The summed E-state index contributed by atoms with van der Waals surface area (Å²) >= 11 is 0. The molecule has 4 rings (SSSR count). The zero-order valence-electron chi connectivity index (χ0n) is 14.0. The van der Waals surface area contributed by atoms with Crippen molar-refractivity contribution in [1.82, 2.24) is 25.1 Å². The zero-order chi connectivity index (χ0) is 17.4. The molecule has 2 aromatic rings. The molecule has 0 spiro atoms. The number of rotatable bonds is 5. The van der Waals surface area contributed by atoms with Gasteiger partial charge >= 0.3 is 6.09 Å². The molecule has 132 valence electrons. The van der Waals surface area contributed by atoms with Crippen molar-refractivity contribution in [2.45, 2.75) is 31.2 Å². The number of hydrogen-bond acceptors (Lipinski definition) is 6. The summed E-state index contributed by atoms with van der Waals surface area (Å²) in [7, 11) is 1.60. The molecule has 9 nitrogen and oxygen atoms in total. The maximum Gasteiger partial charge on any atom is 0.407 e. The van der Waals surface area contributed by atoms with E-state index in [0.717, 1.165) is 24.5 Å². The highest BCUT2D eigenvalue weighted by molar-refractivity contribution is 5.65. The number of H-pyrrole nitrogens is 1. The van der Waals surface area contributed by atoms with E-state index in [4.69, 9.17) is 5.11 Å². The van der Waals surface area contributed by atoms with Gasteiger partial charge in [0.15, 0.2) is 5.82 Å². The second-order valence-corrected chi connectivity index (χ2v) is 6.63. The Balaban J connectivity index is 1.43. The van der Waals surface area contributed by atoms with E-state index in [0.29, 0.717) is 24.2 Å². The molecular weight excluding hydrogens is 322 g/mol. The lowest BCUT2D eigenvalue weighted by atomic mass is 10.2. The van der Waals surface area contributed by atoms with Crippen LogP contribution in [0.2, 0.25) is 0 Å². The Kier molecular flexibility index (Phi) is 3.90. The van der Waals surface area contributed by atoms with E-state index in [1.165, 1.54) is 17.7 Å². The summed E-state index contributed by atoms with van der Waals surface area (Å²) in [5.74, 6) is 2.64. The second-order valence-electron chi connectivity index (χ2n) is 6.63. The van der Waals surface area contributed by atoms with Gasteiger partial charge in [0.25, 0.3) is 0 Å². The SMILES string of the molecule is CN(C(=O)O)[C@H]1CCN(c2nccc(Nc3cc(C4CC4)[nH]n3)n2)C1. The van der Waals surface area contributed by atoms with Crippen LogP contribution < -0.4 is 10.2 Å². The first-order valence-corrected chi connectivity index (χ1v) is 8.46. The van der Waals surface area contributed by atoms with Crippen molar-refractivity contribution in [2.75, 3.05) is 30.4 Å². The minimum absolute atomic E-state index is 0.0369. The van der Waals surface area contributed by atoms with Crippen molar-refractivity contribution in [1.29, 1.82) is 0 Å². The quantitative estimate of drug-likeness (QED) is 0.761. The third-order valence-corrected chi connectivity index (χ3v) is 4.81. The zero-order valence-corrected chi connectivity index (χ0v) is 14.0. The highest BCUT2D eigenvalue weighted by Crippen LogP contribution is 2.39. The molecule has 0 aromatic carbocycles. The molecule has 9 heteroatoms. The minimum Gasteiger partial charge on any atom is -0.465 e. The van der Waals surface area contributed by atoms with E-state index in [1.54, 1.807) is 19.3 Å². The van der Waals surface area contributed by atoms with Gasteiger partial charge in [-0.1, -0.05) is 0 Å². The van der Waals surface area contributed by atoms with E-state index in [1.807, 2.05) is 11.0 Å². The molecule has 1 saturated heterocycles. The Morgan fingerprint density at radius 1 is 1.40 bits per heavy atom. The molecule has 0 unspecified atom stereocenters. The third-order valence-electron chi connectivity index (χ3n) is 4.81. The number of amides is 1. The monoisotopic (exact) mass is 343 g/mol. The van der Waals surface area contributed by atoms with Crippen molar-refractivity contribution in [3.63, 3.8) is 0 Å². The van der Waals surface area contributed by atoms with Gasteiger partial charge in [0.05, 0.1) is 6.04 Å².